The van der Waals surface area contributed by atoms with Crippen LogP contribution >= 0.6 is 24.0 Å². The molecule has 1 aliphatic rings. The first kappa shape index (κ1) is 25.1. The summed E-state index contributed by atoms with van der Waals surface area (Å²) in [5.74, 6) is 2.45. The van der Waals surface area contributed by atoms with Crippen molar-refractivity contribution < 1.29 is 9.53 Å². The number of fused-ring (bicyclic) bond motifs is 1. The number of ether oxygens (including phenoxy) is 1. The number of aryl methyl sites for hydroxylation is 1. The summed E-state index contributed by atoms with van der Waals surface area (Å²) in [4.78, 5) is 21.1. The number of nitrogens with zero attached hydrogens (tertiary/aromatic N) is 4. The smallest absolute Gasteiger partial charge is 0.251 e. The second kappa shape index (κ2) is 12.6. The van der Waals surface area contributed by atoms with Gasteiger partial charge in [-0.25, -0.2) is 14.7 Å². The number of hydrogen-bond acceptors (Lipinski definition) is 5. The quantitative estimate of drug-likeness (QED) is 0.268. The van der Waals surface area contributed by atoms with Crippen LogP contribution in [-0.2, 0) is 30.9 Å². The van der Waals surface area contributed by atoms with Gasteiger partial charge in [-0.1, -0.05) is 12.1 Å². The fraction of sp³-hybridized carbons (Fsp3) is 0.524. The second-order valence-corrected chi connectivity index (χ2v) is 7.19. The van der Waals surface area contributed by atoms with Crippen LogP contribution < -0.4 is 16.0 Å². The molecule has 31 heavy (non-hydrogen) atoms. The van der Waals surface area contributed by atoms with E-state index < -0.39 is 0 Å². The van der Waals surface area contributed by atoms with Gasteiger partial charge in [0.1, 0.15) is 12.4 Å². The maximum Gasteiger partial charge on any atom is 0.251 e. The van der Waals surface area contributed by atoms with Gasteiger partial charge in [0.15, 0.2) is 11.8 Å². The molecule has 2 heterocycles. The third-order valence-corrected chi connectivity index (χ3v) is 4.83. The highest BCUT2D eigenvalue weighted by atomic mass is 127. The maximum atomic E-state index is 11.9. The van der Waals surface area contributed by atoms with E-state index in [2.05, 4.69) is 26.0 Å². The Kier molecular flexibility index (Phi) is 10.2. The van der Waals surface area contributed by atoms with Gasteiger partial charge >= 0.3 is 0 Å². The molecule has 2 aromatic rings. The first-order chi connectivity index (χ1) is 14.6. The molecule has 1 aromatic heterocycles. The highest BCUT2D eigenvalue weighted by molar-refractivity contribution is 14.0. The maximum absolute atomic E-state index is 11.9. The van der Waals surface area contributed by atoms with E-state index >= 15 is 0 Å². The van der Waals surface area contributed by atoms with E-state index in [0.717, 1.165) is 49.1 Å². The fourth-order valence-corrected chi connectivity index (χ4v) is 3.38. The standard InChI is InChI=1S/C21H31N7O2.HI/c1-4-22-20(29)16-8-6-15(7-9-16)12-24-21(23-5-2)25-17-10-11-19-26-18(14-30-3)27-28(19)13-17;/h6-9,17H,4-5,10-14H2,1-3H3,(H,22,29)(H2,23,24,25);1H. The van der Waals surface area contributed by atoms with E-state index in [0.29, 0.717) is 25.3 Å². The Balaban J connectivity index is 0.00000341. The molecular formula is C21H32IN7O2. The SMILES string of the molecule is CCNC(=O)c1ccc(CN=C(NCC)NC2CCc3nc(COC)nn3C2)cc1.I. The fourth-order valence-electron chi connectivity index (χ4n) is 3.38. The molecule has 0 fully saturated rings. The van der Waals surface area contributed by atoms with E-state index in [1.165, 1.54) is 0 Å². The highest BCUT2D eigenvalue weighted by Crippen LogP contribution is 2.13. The van der Waals surface area contributed by atoms with Gasteiger partial charge in [-0.05, 0) is 38.0 Å². The second-order valence-electron chi connectivity index (χ2n) is 7.19. The zero-order chi connectivity index (χ0) is 21.3. The molecule has 170 valence electrons. The summed E-state index contributed by atoms with van der Waals surface area (Å²) >= 11 is 0. The van der Waals surface area contributed by atoms with Crippen molar-refractivity contribution in [1.29, 1.82) is 0 Å². The molecule has 1 aliphatic heterocycles. The molecule has 0 saturated carbocycles. The zero-order valence-corrected chi connectivity index (χ0v) is 20.7. The summed E-state index contributed by atoms with van der Waals surface area (Å²) in [7, 11) is 1.65. The molecular weight excluding hydrogens is 509 g/mol. The predicted octanol–water partition coefficient (Wildman–Crippen LogP) is 1.86. The van der Waals surface area contributed by atoms with Crippen LogP contribution in [0.3, 0.4) is 0 Å². The zero-order valence-electron chi connectivity index (χ0n) is 18.4. The summed E-state index contributed by atoms with van der Waals surface area (Å²) in [5.41, 5.74) is 1.71. The molecule has 10 heteroatoms. The summed E-state index contributed by atoms with van der Waals surface area (Å²) in [5, 5.41) is 14.1. The minimum Gasteiger partial charge on any atom is -0.377 e. The van der Waals surface area contributed by atoms with Gasteiger partial charge in [-0.15, -0.1) is 24.0 Å². The molecule has 0 saturated heterocycles. The average Bonchev–Trinajstić information content (AvgIpc) is 3.15. The lowest BCUT2D eigenvalue weighted by Gasteiger charge is -2.25. The van der Waals surface area contributed by atoms with Crippen LogP contribution in [0.15, 0.2) is 29.3 Å². The van der Waals surface area contributed by atoms with Gasteiger partial charge in [0.05, 0.1) is 13.1 Å². The minimum atomic E-state index is -0.0546. The number of rotatable bonds is 8. The van der Waals surface area contributed by atoms with Crippen molar-refractivity contribution in [1.82, 2.24) is 30.7 Å². The number of amides is 1. The molecule has 1 aromatic carbocycles. The number of benzene rings is 1. The normalized spacial score (nSPS) is 15.6. The van der Waals surface area contributed by atoms with Crippen molar-refractivity contribution >= 4 is 35.8 Å². The van der Waals surface area contributed by atoms with Crippen LogP contribution in [0.2, 0.25) is 0 Å². The van der Waals surface area contributed by atoms with Crippen LogP contribution in [0.25, 0.3) is 0 Å². The monoisotopic (exact) mass is 541 g/mol. The Morgan fingerprint density at radius 1 is 1.23 bits per heavy atom. The van der Waals surface area contributed by atoms with Crippen LogP contribution in [0.4, 0.5) is 0 Å². The van der Waals surface area contributed by atoms with Gasteiger partial charge in [0, 0.05) is 38.2 Å². The Morgan fingerprint density at radius 2 is 1.97 bits per heavy atom. The summed E-state index contributed by atoms with van der Waals surface area (Å²) in [6, 6.07) is 7.78. The van der Waals surface area contributed by atoms with E-state index in [9.17, 15) is 4.79 Å². The first-order valence-corrected chi connectivity index (χ1v) is 10.5. The Bertz CT molecular complexity index is 867. The molecule has 3 rings (SSSR count). The number of nitrogens with one attached hydrogen (secondary N) is 3. The number of carbonyl (C=O) groups excluding carboxylic acids is 1. The Labute approximate surface area is 200 Å². The molecule has 1 atom stereocenters. The van der Waals surface area contributed by atoms with Crippen LogP contribution in [-0.4, -0.2) is 52.9 Å². The number of methoxy groups -OCH3 is 1. The number of halogens is 1. The van der Waals surface area contributed by atoms with Crippen molar-refractivity contribution in [2.24, 2.45) is 4.99 Å². The molecule has 0 bridgehead atoms. The van der Waals surface area contributed by atoms with Crippen molar-refractivity contribution in [3.8, 4) is 0 Å². The van der Waals surface area contributed by atoms with Gasteiger partial charge in [-0.2, -0.15) is 5.10 Å². The van der Waals surface area contributed by atoms with Crippen molar-refractivity contribution in [2.45, 2.75) is 52.4 Å². The summed E-state index contributed by atoms with van der Waals surface area (Å²) in [6.45, 7) is 7.06. The van der Waals surface area contributed by atoms with Gasteiger partial charge in [0.25, 0.3) is 5.91 Å². The van der Waals surface area contributed by atoms with E-state index in [1.807, 2.05) is 42.8 Å². The average molecular weight is 541 g/mol. The Morgan fingerprint density at radius 3 is 2.65 bits per heavy atom. The molecule has 1 amide bonds. The summed E-state index contributed by atoms with van der Waals surface area (Å²) in [6.07, 6.45) is 1.84. The van der Waals surface area contributed by atoms with Crippen molar-refractivity contribution in [2.75, 3.05) is 20.2 Å². The van der Waals surface area contributed by atoms with Crippen molar-refractivity contribution in [3.63, 3.8) is 0 Å². The number of hydrogen-bond donors (Lipinski definition) is 3. The predicted molar refractivity (Wildman–Crippen MR) is 131 cm³/mol. The van der Waals surface area contributed by atoms with E-state index in [4.69, 9.17) is 9.73 Å². The lowest BCUT2D eigenvalue weighted by atomic mass is 10.1. The lowest BCUT2D eigenvalue weighted by molar-refractivity contribution is 0.0956. The first-order valence-electron chi connectivity index (χ1n) is 10.5. The molecule has 0 aliphatic carbocycles. The number of aromatic nitrogens is 3. The van der Waals surface area contributed by atoms with Gasteiger partial charge in [0.2, 0.25) is 0 Å². The molecule has 0 radical (unpaired) electrons. The third kappa shape index (κ3) is 7.17. The van der Waals surface area contributed by atoms with Gasteiger partial charge < -0.3 is 20.7 Å². The minimum absolute atomic E-state index is 0. The number of aliphatic imine (C=N–C) groups is 1. The molecule has 1 unspecified atom stereocenters. The Hall–Kier alpha value is -2.21. The topological polar surface area (TPSA) is 105 Å². The van der Waals surface area contributed by atoms with E-state index in [-0.39, 0.29) is 35.9 Å². The molecule has 3 N–H and O–H groups in total. The molecule has 0 spiro atoms. The van der Waals surface area contributed by atoms with Crippen LogP contribution in [0.5, 0.6) is 0 Å². The third-order valence-electron chi connectivity index (χ3n) is 4.83. The van der Waals surface area contributed by atoms with E-state index in [1.54, 1.807) is 7.11 Å². The van der Waals surface area contributed by atoms with Crippen LogP contribution in [0, 0.1) is 0 Å². The largest absolute Gasteiger partial charge is 0.377 e. The lowest BCUT2D eigenvalue weighted by Crippen LogP contribution is -2.47. The number of carbonyl (C=O) groups is 1. The summed E-state index contributed by atoms with van der Waals surface area (Å²) < 4.78 is 7.09. The molecule has 9 nitrogen and oxygen atoms in total. The van der Waals surface area contributed by atoms with Gasteiger partial charge in [-0.3, -0.25) is 4.79 Å². The highest BCUT2D eigenvalue weighted by Gasteiger charge is 2.22. The van der Waals surface area contributed by atoms with Crippen LogP contribution in [0.1, 0.15) is 47.8 Å². The van der Waals surface area contributed by atoms with Crippen molar-refractivity contribution in [3.05, 3.63) is 47.0 Å². The number of guanidine groups is 1.